The molecule has 0 aromatic carbocycles. The summed E-state index contributed by atoms with van der Waals surface area (Å²) >= 11 is 1.39. The van der Waals surface area contributed by atoms with Crippen molar-refractivity contribution in [3.63, 3.8) is 0 Å². The van der Waals surface area contributed by atoms with Gasteiger partial charge in [0.05, 0.1) is 18.2 Å². The number of hydrogen-bond acceptors (Lipinski definition) is 7. The maximum absolute atomic E-state index is 12.0. The number of esters is 1. The number of carbonyl (C=O) groups excluding carboxylic acids is 3. The summed E-state index contributed by atoms with van der Waals surface area (Å²) in [5.74, 6) is -0.547. The Kier molecular flexibility index (Phi) is 7.18. The van der Waals surface area contributed by atoms with Crippen molar-refractivity contribution in [3.05, 3.63) is 10.6 Å². The van der Waals surface area contributed by atoms with Crippen LogP contribution in [0.15, 0.2) is 0 Å². The first-order chi connectivity index (χ1) is 12.7. The van der Waals surface area contributed by atoms with Gasteiger partial charge >= 0.3 is 12.1 Å². The van der Waals surface area contributed by atoms with Crippen molar-refractivity contribution in [1.29, 1.82) is 0 Å². The average molecular weight is 397 g/mol. The van der Waals surface area contributed by atoms with Crippen LogP contribution in [0.5, 0.6) is 0 Å². The number of thiazole rings is 1. The molecule has 0 saturated carbocycles. The average Bonchev–Trinajstić information content (AvgIpc) is 2.94. The second-order valence-corrected chi connectivity index (χ2v) is 8.39. The normalized spacial score (nSPS) is 16.2. The number of fused-ring (bicyclic) bond motifs is 1. The fraction of sp³-hybridized carbons (Fsp3) is 0.667. The lowest BCUT2D eigenvalue weighted by Gasteiger charge is -2.19. The predicted octanol–water partition coefficient (Wildman–Crippen LogP) is 2.66. The third kappa shape index (κ3) is 6.82. The van der Waals surface area contributed by atoms with Crippen LogP contribution in [0, 0.1) is 5.92 Å². The highest BCUT2D eigenvalue weighted by molar-refractivity contribution is 7.15. The summed E-state index contributed by atoms with van der Waals surface area (Å²) in [6, 6.07) is 0. The second kappa shape index (κ2) is 9.16. The Morgan fingerprint density at radius 2 is 2.04 bits per heavy atom. The maximum atomic E-state index is 12.0. The number of anilines is 1. The van der Waals surface area contributed by atoms with Crippen molar-refractivity contribution in [3.8, 4) is 0 Å². The molecule has 2 rings (SSSR count). The van der Waals surface area contributed by atoms with E-state index in [-0.39, 0.29) is 30.8 Å². The number of aryl methyl sites for hydroxylation is 1. The highest BCUT2D eigenvalue weighted by Crippen LogP contribution is 2.32. The Balaban J connectivity index is 1.79. The van der Waals surface area contributed by atoms with E-state index in [0.717, 1.165) is 10.6 Å². The number of ether oxygens (including phenoxy) is 2. The number of carbonyl (C=O) groups is 3. The highest BCUT2D eigenvalue weighted by Gasteiger charge is 2.28. The molecule has 0 aliphatic heterocycles. The molecule has 27 heavy (non-hydrogen) atoms. The largest absolute Gasteiger partial charge is 0.466 e. The number of aromatic nitrogens is 1. The number of nitrogens with one attached hydrogen (secondary N) is 2. The molecule has 1 aliphatic carbocycles. The van der Waals surface area contributed by atoms with Crippen LogP contribution in [0.1, 0.15) is 51.1 Å². The molecule has 9 heteroatoms. The number of amides is 2. The van der Waals surface area contributed by atoms with Crippen LogP contribution in [0.25, 0.3) is 0 Å². The molecule has 1 aromatic rings. The third-order valence-corrected chi connectivity index (χ3v) is 4.86. The Morgan fingerprint density at radius 1 is 1.30 bits per heavy atom. The van der Waals surface area contributed by atoms with E-state index in [9.17, 15) is 14.4 Å². The van der Waals surface area contributed by atoms with Crippen molar-refractivity contribution in [2.75, 3.05) is 18.5 Å². The van der Waals surface area contributed by atoms with Crippen LogP contribution in [-0.4, -0.2) is 41.7 Å². The van der Waals surface area contributed by atoms with Gasteiger partial charge in [-0.3, -0.25) is 9.59 Å². The van der Waals surface area contributed by atoms with Gasteiger partial charge in [0.1, 0.15) is 5.60 Å². The minimum Gasteiger partial charge on any atom is -0.466 e. The molecule has 0 bridgehead atoms. The first-order valence-electron chi connectivity index (χ1n) is 9.10. The van der Waals surface area contributed by atoms with Gasteiger partial charge in [0.15, 0.2) is 5.13 Å². The standard InChI is InChI=1S/C18H27N3O5S/c1-5-25-15(23)11-6-7-12-13(10-11)27-16(20-12)21-14(22)8-9-19-17(24)26-18(2,3)4/h11H,5-10H2,1-4H3,(H,19,24)(H,20,21,22). The Labute approximate surface area is 163 Å². The van der Waals surface area contributed by atoms with Gasteiger partial charge in [0.25, 0.3) is 0 Å². The van der Waals surface area contributed by atoms with Gasteiger partial charge in [-0.1, -0.05) is 0 Å². The van der Waals surface area contributed by atoms with Gasteiger partial charge < -0.3 is 20.1 Å². The van der Waals surface area contributed by atoms with Crippen LogP contribution >= 0.6 is 11.3 Å². The Bertz CT molecular complexity index is 696. The third-order valence-electron chi connectivity index (χ3n) is 3.83. The maximum Gasteiger partial charge on any atom is 0.407 e. The molecule has 0 spiro atoms. The van der Waals surface area contributed by atoms with Gasteiger partial charge in [-0.05, 0) is 47.0 Å². The molecule has 1 atom stereocenters. The lowest BCUT2D eigenvalue weighted by Crippen LogP contribution is -2.34. The van der Waals surface area contributed by atoms with Gasteiger partial charge in [0, 0.05) is 17.8 Å². The van der Waals surface area contributed by atoms with Gasteiger partial charge in [0.2, 0.25) is 5.91 Å². The number of alkyl carbamates (subject to hydrolysis) is 1. The predicted molar refractivity (Wildman–Crippen MR) is 102 cm³/mol. The minimum atomic E-state index is -0.576. The summed E-state index contributed by atoms with van der Waals surface area (Å²) in [6.07, 6.45) is 1.58. The van der Waals surface area contributed by atoms with Gasteiger partial charge in [-0.2, -0.15) is 0 Å². The summed E-state index contributed by atoms with van der Waals surface area (Å²) in [6.45, 7) is 7.67. The number of nitrogens with zero attached hydrogens (tertiary/aromatic N) is 1. The Hall–Kier alpha value is -2.16. The molecule has 0 fully saturated rings. The summed E-state index contributed by atoms with van der Waals surface area (Å²) in [4.78, 5) is 40.9. The molecule has 150 valence electrons. The van der Waals surface area contributed by atoms with Gasteiger partial charge in [-0.15, -0.1) is 11.3 Å². The van der Waals surface area contributed by atoms with Crippen molar-refractivity contribution < 1.29 is 23.9 Å². The first kappa shape index (κ1) is 21.1. The van der Waals surface area contributed by atoms with Crippen LogP contribution in [0.3, 0.4) is 0 Å². The van der Waals surface area contributed by atoms with E-state index in [4.69, 9.17) is 9.47 Å². The summed E-state index contributed by atoms with van der Waals surface area (Å²) in [5, 5.41) is 5.82. The van der Waals surface area contributed by atoms with Crippen LogP contribution in [-0.2, 0) is 31.9 Å². The zero-order chi connectivity index (χ0) is 20.0. The smallest absolute Gasteiger partial charge is 0.407 e. The molecule has 1 aromatic heterocycles. The summed E-state index contributed by atoms with van der Waals surface area (Å²) in [5.41, 5.74) is 0.357. The number of hydrogen-bond donors (Lipinski definition) is 2. The van der Waals surface area contributed by atoms with Crippen molar-refractivity contribution in [2.45, 2.75) is 59.0 Å². The van der Waals surface area contributed by atoms with E-state index >= 15 is 0 Å². The summed E-state index contributed by atoms with van der Waals surface area (Å²) < 4.78 is 10.2. The first-order valence-corrected chi connectivity index (χ1v) is 9.91. The molecule has 2 N–H and O–H groups in total. The molecule has 1 unspecified atom stereocenters. The SMILES string of the molecule is CCOC(=O)C1CCc2nc(NC(=O)CCNC(=O)OC(C)(C)C)sc2C1. The topological polar surface area (TPSA) is 107 Å². The molecular formula is C18H27N3O5S. The van der Waals surface area contributed by atoms with Crippen LogP contribution in [0.2, 0.25) is 0 Å². The van der Waals surface area contributed by atoms with Crippen molar-refractivity contribution in [1.82, 2.24) is 10.3 Å². The van der Waals surface area contributed by atoms with Crippen LogP contribution < -0.4 is 10.6 Å². The molecule has 2 amide bonds. The van der Waals surface area contributed by atoms with E-state index in [1.54, 1.807) is 27.7 Å². The van der Waals surface area contributed by atoms with E-state index in [2.05, 4.69) is 15.6 Å². The van der Waals surface area contributed by atoms with Crippen molar-refractivity contribution >= 4 is 34.4 Å². The fourth-order valence-corrected chi connectivity index (χ4v) is 3.77. The minimum absolute atomic E-state index is 0.120. The van der Waals surface area contributed by atoms with E-state index < -0.39 is 11.7 Å². The van der Waals surface area contributed by atoms with Crippen LogP contribution in [0.4, 0.5) is 9.93 Å². The quantitative estimate of drug-likeness (QED) is 0.715. The molecule has 1 aliphatic rings. The zero-order valence-electron chi connectivity index (χ0n) is 16.2. The van der Waals surface area contributed by atoms with E-state index in [1.807, 2.05) is 0 Å². The lowest BCUT2D eigenvalue weighted by molar-refractivity contribution is -0.148. The monoisotopic (exact) mass is 397 g/mol. The summed E-state index contributed by atoms with van der Waals surface area (Å²) in [7, 11) is 0. The second-order valence-electron chi connectivity index (χ2n) is 7.31. The fourth-order valence-electron chi connectivity index (χ4n) is 2.66. The number of rotatable bonds is 6. The van der Waals surface area contributed by atoms with Gasteiger partial charge in [-0.25, -0.2) is 9.78 Å². The lowest BCUT2D eigenvalue weighted by atomic mass is 9.91. The zero-order valence-corrected chi connectivity index (χ0v) is 17.0. The van der Waals surface area contributed by atoms with Crippen molar-refractivity contribution in [2.24, 2.45) is 5.92 Å². The molecule has 0 saturated heterocycles. The molecule has 8 nitrogen and oxygen atoms in total. The highest BCUT2D eigenvalue weighted by atomic mass is 32.1. The van der Waals surface area contributed by atoms with E-state index in [1.165, 1.54) is 11.3 Å². The molecule has 1 heterocycles. The molecular weight excluding hydrogens is 370 g/mol. The van der Waals surface area contributed by atoms with E-state index in [0.29, 0.717) is 31.0 Å². The molecule has 0 radical (unpaired) electrons. The Morgan fingerprint density at radius 3 is 2.70 bits per heavy atom.